The molecule has 0 aliphatic rings. The van der Waals surface area contributed by atoms with E-state index in [1.54, 1.807) is 0 Å². The van der Waals surface area contributed by atoms with Gasteiger partial charge in [-0.3, -0.25) is 0 Å². The summed E-state index contributed by atoms with van der Waals surface area (Å²) in [5, 5.41) is 3.27. The second-order valence-electron chi connectivity index (χ2n) is 4.02. The number of anilines is 1. The normalized spacial score (nSPS) is 11.9. The molecule has 1 aromatic rings. The Hall–Kier alpha value is -1.16. The monoisotopic (exact) mass is 267 g/mol. The quantitative estimate of drug-likeness (QED) is 0.608. The third-order valence-electron chi connectivity index (χ3n) is 2.72. The Morgan fingerprint density at radius 3 is 2.78 bits per heavy atom. The summed E-state index contributed by atoms with van der Waals surface area (Å²) in [6.45, 7) is 4.14. The maximum Gasteiger partial charge on any atom is 0.328 e. The smallest absolute Gasteiger partial charge is 0.328 e. The maximum atomic E-state index is 11.7. The Morgan fingerprint density at radius 1 is 1.44 bits per heavy atom. The minimum Gasteiger partial charge on any atom is -0.467 e. The van der Waals surface area contributed by atoms with Gasteiger partial charge in [0.05, 0.1) is 7.11 Å². The number of carbonyl (C=O) groups excluding carboxylic acids is 1. The van der Waals surface area contributed by atoms with Crippen LogP contribution in [0.15, 0.2) is 24.3 Å². The Bertz CT molecular complexity index is 382. The number of nitrogens with one attached hydrogen (secondary N) is 1. The largest absolute Gasteiger partial charge is 0.467 e. The van der Waals surface area contributed by atoms with Crippen LogP contribution in [0.3, 0.4) is 0 Å². The van der Waals surface area contributed by atoms with Gasteiger partial charge in [-0.05, 0) is 36.5 Å². The van der Waals surface area contributed by atoms with Gasteiger partial charge < -0.3 is 10.1 Å². The first-order valence-electron chi connectivity index (χ1n) is 6.16. The SMILES string of the molecule is CCSCCC(Nc1ccccc1C)C(=O)OC. The molecule has 1 N–H and O–H groups in total. The van der Waals surface area contributed by atoms with Crippen molar-refractivity contribution in [2.24, 2.45) is 0 Å². The molecule has 0 bridgehead atoms. The third kappa shape index (κ3) is 4.61. The van der Waals surface area contributed by atoms with E-state index in [2.05, 4.69) is 12.2 Å². The zero-order valence-electron chi connectivity index (χ0n) is 11.2. The van der Waals surface area contributed by atoms with E-state index >= 15 is 0 Å². The summed E-state index contributed by atoms with van der Waals surface area (Å²) in [4.78, 5) is 11.7. The fourth-order valence-corrected chi connectivity index (χ4v) is 2.35. The fourth-order valence-electron chi connectivity index (χ4n) is 1.66. The molecule has 0 amide bonds. The third-order valence-corrected chi connectivity index (χ3v) is 3.65. The number of ether oxygens (including phenoxy) is 1. The van der Waals surface area contributed by atoms with E-state index < -0.39 is 0 Å². The van der Waals surface area contributed by atoms with Gasteiger partial charge in [0.1, 0.15) is 6.04 Å². The number of carbonyl (C=O) groups is 1. The van der Waals surface area contributed by atoms with Crippen LogP contribution in [0.5, 0.6) is 0 Å². The number of hydrogen-bond donors (Lipinski definition) is 1. The summed E-state index contributed by atoms with van der Waals surface area (Å²) >= 11 is 1.83. The van der Waals surface area contributed by atoms with Gasteiger partial charge in [0, 0.05) is 5.69 Å². The molecule has 0 heterocycles. The molecule has 0 radical (unpaired) electrons. The van der Waals surface area contributed by atoms with Crippen molar-refractivity contribution in [2.75, 3.05) is 23.9 Å². The van der Waals surface area contributed by atoms with Crippen molar-refractivity contribution >= 4 is 23.4 Å². The number of aryl methyl sites for hydroxylation is 1. The van der Waals surface area contributed by atoms with Crippen LogP contribution < -0.4 is 5.32 Å². The van der Waals surface area contributed by atoms with E-state index in [0.717, 1.165) is 29.2 Å². The Balaban J connectivity index is 2.66. The van der Waals surface area contributed by atoms with Gasteiger partial charge in [-0.15, -0.1) is 0 Å². The van der Waals surface area contributed by atoms with E-state index in [-0.39, 0.29) is 12.0 Å². The highest BCUT2D eigenvalue weighted by atomic mass is 32.2. The Labute approximate surface area is 113 Å². The van der Waals surface area contributed by atoms with Crippen LogP contribution in [0, 0.1) is 6.92 Å². The van der Waals surface area contributed by atoms with E-state index in [0.29, 0.717) is 0 Å². The second kappa shape index (κ2) is 8.03. The van der Waals surface area contributed by atoms with Gasteiger partial charge in [0.25, 0.3) is 0 Å². The van der Waals surface area contributed by atoms with Gasteiger partial charge in [0.2, 0.25) is 0 Å². The van der Waals surface area contributed by atoms with Crippen molar-refractivity contribution in [3.63, 3.8) is 0 Å². The number of rotatable bonds is 7. The topological polar surface area (TPSA) is 38.3 Å². The minimum atomic E-state index is -0.268. The molecule has 4 heteroatoms. The molecule has 0 aliphatic carbocycles. The Kier molecular flexibility index (Phi) is 6.65. The number of benzene rings is 1. The first-order valence-corrected chi connectivity index (χ1v) is 7.32. The average molecular weight is 267 g/mol. The molecular formula is C14H21NO2S. The molecule has 1 aromatic carbocycles. The van der Waals surface area contributed by atoms with Gasteiger partial charge >= 0.3 is 5.97 Å². The molecule has 1 atom stereocenters. The minimum absolute atomic E-state index is 0.199. The molecule has 0 spiro atoms. The molecule has 0 aromatic heterocycles. The number of methoxy groups -OCH3 is 1. The maximum absolute atomic E-state index is 11.7. The van der Waals surface area contributed by atoms with Crippen LogP contribution in [-0.4, -0.2) is 30.6 Å². The molecular weight excluding hydrogens is 246 g/mol. The van der Waals surface area contributed by atoms with Crippen LogP contribution in [0.4, 0.5) is 5.69 Å². The number of hydrogen-bond acceptors (Lipinski definition) is 4. The molecule has 1 rings (SSSR count). The summed E-state index contributed by atoms with van der Waals surface area (Å²) in [6, 6.07) is 7.69. The second-order valence-corrected chi connectivity index (χ2v) is 5.41. The summed E-state index contributed by atoms with van der Waals surface area (Å²) in [5.74, 6) is 1.82. The van der Waals surface area contributed by atoms with Crippen LogP contribution in [0.2, 0.25) is 0 Å². The molecule has 18 heavy (non-hydrogen) atoms. The number of esters is 1. The molecule has 3 nitrogen and oxygen atoms in total. The first-order chi connectivity index (χ1) is 8.69. The van der Waals surface area contributed by atoms with Crippen molar-refractivity contribution in [3.05, 3.63) is 29.8 Å². The molecule has 0 saturated heterocycles. The fraction of sp³-hybridized carbons (Fsp3) is 0.500. The predicted octanol–water partition coefficient (Wildman–Crippen LogP) is 3.09. The van der Waals surface area contributed by atoms with Crippen LogP contribution in [0.1, 0.15) is 18.9 Å². The van der Waals surface area contributed by atoms with Crippen LogP contribution in [-0.2, 0) is 9.53 Å². The van der Waals surface area contributed by atoms with Gasteiger partial charge in [-0.1, -0.05) is 25.1 Å². The summed E-state index contributed by atoms with van der Waals surface area (Å²) in [5.41, 5.74) is 2.13. The number of thioether (sulfide) groups is 1. The highest BCUT2D eigenvalue weighted by Gasteiger charge is 2.18. The lowest BCUT2D eigenvalue weighted by Gasteiger charge is -2.18. The van der Waals surface area contributed by atoms with E-state index in [4.69, 9.17) is 4.74 Å². The van der Waals surface area contributed by atoms with Gasteiger partial charge in [0.15, 0.2) is 0 Å². The highest BCUT2D eigenvalue weighted by Crippen LogP contribution is 2.17. The van der Waals surface area contributed by atoms with Crippen LogP contribution in [0.25, 0.3) is 0 Å². The molecule has 0 aliphatic heterocycles. The summed E-state index contributed by atoms with van der Waals surface area (Å²) < 4.78 is 4.84. The van der Waals surface area contributed by atoms with E-state index in [9.17, 15) is 4.79 Å². The van der Waals surface area contributed by atoms with E-state index in [1.807, 2.05) is 43.0 Å². The van der Waals surface area contributed by atoms with Gasteiger partial charge in [-0.25, -0.2) is 4.79 Å². The van der Waals surface area contributed by atoms with Crippen molar-refractivity contribution in [1.82, 2.24) is 0 Å². The summed E-state index contributed by atoms with van der Waals surface area (Å²) in [6.07, 6.45) is 0.777. The molecule has 0 saturated carbocycles. The predicted molar refractivity (Wildman–Crippen MR) is 78.2 cm³/mol. The lowest BCUT2D eigenvalue weighted by Crippen LogP contribution is -2.31. The van der Waals surface area contributed by atoms with Crippen molar-refractivity contribution < 1.29 is 9.53 Å². The summed E-state index contributed by atoms with van der Waals surface area (Å²) in [7, 11) is 1.43. The zero-order chi connectivity index (χ0) is 13.4. The van der Waals surface area contributed by atoms with E-state index in [1.165, 1.54) is 7.11 Å². The standard InChI is InChI=1S/C14H21NO2S/c1-4-18-10-9-13(14(16)17-3)15-12-8-6-5-7-11(12)2/h5-8,13,15H,4,9-10H2,1-3H3. The van der Waals surface area contributed by atoms with Crippen molar-refractivity contribution in [2.45, 2.75) is 26.3 Å². The van der Waals surface area contributed by atoms with Crippen LogP contribution >= 0.6 is 11.8 Å². The molecule has 100 valence electrons. The van der Waals surface area contributed by atoms with Crippen molar-refractivity contribution in [1.29, 1.82) is 0 Å². The molecule has 1 unspecified atom stereocenters. The number of para-hydroxylation sites is 1. The lowest BCUT2D eigenvalue weighted by molar-refractivity contribution is -0.141. The average Bonchev–Trinajstić information content (AvgIpc) is 2.39. The van der Waals surface area contributed by atoms with Gasteiger partial charge in [-0.2, -0.15) is 11.8 Å². The molecule has 0 fully saturated rings. The lowest BCUT2D eigenvalue weighted by atomic mass is 10.1. The Morgan fingerprint density at radius 2 is 2.17 bits per heavy atom. The van der Waals surface area contributed by atoms with Crippen molar-refractivity contribution in [3.8, 4) is 0 Å². The first kappa shape index (κ1) is 14.9. The highest BCUT2D eigenvalue weighted by molar-refractivity contribution is 7.99. The zero-order valence-corrected chi connectivity index (χ0v) is 12.0.